The minimum absolute atomic E-state index is 0.264. The van der Waals surface area contributed by atoms with E-state index in [2.05, 4.69) is 25.9 Å². The lowest BCUT2D eigenvalue weighted by Gasteiger charge is -1.96. The van der Waals surface area contributed by atoms with Gasteiger partial charge in [0.25, 0.3) is 0 Å². The van der Waals surface area contributed by atoms with Gasteiger partial charge in [-0.05, 0) is 52.3 Å². The van der Waals surface area contributed by atoms with Crippen LogP contribution in [0.2, 0.25) is 0 Å². The van der Waals surface area contributed by atoms with Crippen LogP contribution < -0.4 is 5.73 Å². The molecule has 0 atom stereocenters. The molecule has 18 heavy (non-hydrogen) atoms. The summed E-state index contributed by atoms with van der Waals surface area (Å²) in [5.41, 5.74) is 8.93. The number of nitrogen functional groups attached to an aromatic ring is 1. The minimum Gasteiger partial charge on any atom is -0.398 e. The van der Waals surface area contributed by atoms with Crippen molar-refractivity contribution in [3.63, 3.8) is 0 Å². The van der Waals surface area contributed by atoms with Gasteiger partial charge in [-0.25, -0.2) is 9.37 Å². The molecule has 0 saturated carbocycles. The molecule has 3 aromatic rings. The van der Waals surface area contributed by atoms with E-state index in [1.54, 1.807) is 18.2 Å². The highest BCUT2D eigenvalue weighted by atomic mass is 79.9. The zero-order valence-electron chi connectivity index (χ0n) is 9.24. The first-order valence-corrected chi connectivity index (χ1v) is 6.14. The normalized spacial score (nSPS) is 11.0. The third-order valence-electron chi connectivity index (χ3n) is 2.74. The first kappa shape index (κ1) is 11.2. The molecule has 2 aromatic carbocycles. The topological polar surface area (TPSA) is 54.7 Å². The smallest absolute Gasteiger partial charge is 0.138 e. The Hall–Kier alpha value is -1.88. The van der Waals surface area contributed by atoms with Crippen LogP contribution in [0, 0.1) is 5.82 Å². The number of rotatable bonds is 1. The largest absolute Gasteiger partial charge is 0.398 e. The molecule has 0 bridgehead atoms. The van der Waals surface area contributed by atoms with Crippen LogP contribution in [0.4, 0.5) is 10.1 Å². The summed E-state index contributed by atoms with van der Waals surface area (Å²) in [6, 6.07) is 9.86. The number of hydrogen-bond donors (Lipinski definition) is 2. The van der Waals surface area contributed by atoms with Gasteiger partial charge in [-0.2, -0.15) is 0 Å². The standard InChI is InChI=1S/C13H9BrFN3/c14-11-9(16)5-6-10-12(11)18-13(17-10)7-1-3-8(15)4-2-7/h1-6H,16H2,(H,17,18). The molecule has 5 heteroatoms. The summed E-state index contributed by atoms with van der Waals surface area (Å²) in [4.78, 5) is 7.65. The number of anilines is 1. The predicted molar refractivity (Wildman–Crippen MR) is 73.6 cm³/mol. The maximum absolute atomic E-state index is 12.9. The van der Waals surface area contributed by atoms with Crippen LogP contribution in [-0.2, 0) is 0 Å². The number of aromatic nitrogens is 2. The highest BCUT2D eigenvalue weighted by Crippen LogP contribution is 2.30. The van der Waals surface area contributed by atoms with Crippen LogP contribution in [0.5, 0.6) is 0 Å². The number of imidazole rings is 1. The second kappa shape index (κ2) is 4.10. The molecular formula is C13H9BrFN3. The van der Waals surface area contributed by atoms with Crippen LogP contribution in [0.25, 0.3) is 22.4 Å². The third-order valence-corrected chi connectivity index (χ3v) is 3.57. The Morgan fingerprint density at radius 1 is 1.11 bits per heavy atom. The fourth-order valence-corrected chi connectivity index (χ4v) is 2.24. The van der Waals surface area contributed by atoms with E-state index in [4.69, 9.17) is 5.73 Å². The van der Waals surface area contributed by atoms with Crippen molar-refractivity contribution in [2.45, 2.75) is 0 Å². The number of nitrogens with one attached hydrogen (secondary N) is 1. The second-order valence-electron chi connectivity index (χ2n) is 3.96. The Bertz CT molecular complexity index is 719. The van der Waals surface area contributed by atoms with E-state index < -0.39 is 0 Å². The molecule has 1 heterocycles. The predicted octanol–water partition coefficient (Wildman–Crippen LogP) is 3.71. The molecule has 1 aromatic heterocycles. The molecule has 0 radical (unpaired) electrons. The molecule has 0 unspecified atom stereocenters. The van der Waals surface area contributed by atoms with E-state index in [0.29, 0.717) is 11.5 Å². The molecule has 0 aliphatic heterocycles. The van der Waals surface area contributed by atoms with Gasteiger partial charge in [0.15, 0.2) is 0 Å². The average molecular weight is 306 g/mol. The SMILES string of the molecule is Nc1ccc2[nH]c(-c3ccc(F)cc3)nc2c1Br. The summed E-state index contributed by atoms with van der Waals surface area (Å²) < 4.78 is 13.6. The highest BCUT2D eigenvalue weighted by Gasteiger charge is 2.09. The van der Waals surface area contributed by atoms with Crippen LogP contribution in [0.15, 0.2) is 40.9 Å². The molecule has 3 rings (SSSR count). The lowest BCUT2D eigenvalue weighted by molar-refractivity contribution is 0.628. The van der Waals surface area contributed by atoms with Gasteiger partial charge in [-0.15, -0.1) is 0 Å². The molecule has 0 aliphatic rings. The molecular weight excluding hydrogens is 297 g/mol. The molecule has 3 N–H and O–H groups in total. The molecule has 90 valence electrons. The Balaban J connectivity index is 2.19. The van der Waals surface area contributed by atoms with Crippen molar-refractivity contribution in [3.05, 3.63) is 46.7 Å². The van der Waals surface area contributed by atoms with Gasteiger partial charge in [0, 0.05) is 11.3 Å². The van der Waals surface area contributed by atoms with E-state index in [-0.39, 0.29) is 5.82 Å². The number of fused-ring (bicyclic) bond motifs is 1. The summed E-state index contributed by atoms with van der Waals surface area (Å²) in [5.74, 6) is 0.427. The lowest BCUT2D eigenvalue weighted by atomic mass is 10.2. The minimum atomic E-state index is -0.264. The summed E-state index contributed by atoms with van der Waals surface area (Å²) >= 11 is 3.41. The highest BCUT2D eigenvalue weighted by molar-refractivity contribution is 9.10. The van der Waals surface area contributed by atoms with Gasteiger partial charge in [0.2, 0.25) is 0 Å². The van der Waals surface area contributed by atoms with Gasteiger partial charge in [0.1, 0.15) is 17.2 Å². The van der Waals surface area contributed by atoms with E-state index in [1.807, 2.05) is 6.07 Å². The van der Waals surface area contributed by atoms with Crippen molar-refractivity contribution in [3.8, 4) is 11.4 Å². The van der Waals surface area contributed by atoms with Crippen LogP contribution in [-0.4, -0.2) is 9.97 Å². The number of H-pyrrole nitrogens is 1. The van der Waals surface area contributed by atoms with Gasteiger partial charge >= 0.3 is 0 Å². The van der Waals surface area contributed by atoms with Gasteiger partial charge in [0.05, 0.1) is 9.99 Å². The Morgan fingerprint density at radius 2 is 1.83 bits per heavy atom. The fourth-order valence-electron chi connectivity index (χ4n) is 1.80. The maximum atomic E-state index is 12.9. The average Bonchev–Trinajstić information content (AvgIpc) is 2.80. The number of benzene rings is 2. The van der Waals surface area contributed by atoms with Crippen LogP contribution in [0.1, 0.15) is 0 Å². The van der Waals surface area contributed by atoms with Gasteiger partial charge in [-0.1, -0.05) is 0 Å². The Kier molecular flexibility index (Phi) is 2.56. The summed E-state index contributed by atoms with van der Waals surface area (Å²) in [7, 11) is 0. The Morgan fingerprint density at radius 3 is 2.56 bits per heavy atom. The van der Waals surface area contributed by atoms with Crippen LogP contribution >= 0.6 is 15.9 Å². The number of nitrogens with two attached hydrogens (primary N) is 1. The first-order valence-electron chi connectivity index (χ1n) is 5.35. The van der Waals surface area contributed by atoms with E-state index in [1.165, 1.54) is 12.1 Å². The zero-order valence-corrected chi connectivity index (χ0v) is 10.8. The summed E-state index contributed by atoms with van der Waals surface area (Å²) in [5, 5.41) is 0. The molecule has 0 amide bonds. The van der Waals surface area contributed by atoms with Crippen molar-refractivity contribution in [1.29, 1.82) is 0 Å². The quantitative estimate of drug-likeness (QED) is 0.673. The molecule has 3 nitrogen and oxygen atoms in total. The third kappa shape index (κ3) is 1.76. The van der Waals surface area contributed by atoms with E-state index in [9.17, 15) is 4.39 Å². The van der Waals surface area contributed by atoms with Crippen LogP contribution in [0.3, 0.4) is 0 Å². The van der Waals surface area contributed by atoms with Crippen molar-refractivity contribution in [2.24, 2.45) is 0 Å². The maximum Gasteiger partial charge on any atom is 0.138 e. The fraction of sp³-hybridized carbons (Fsp3) is 0. The molecule has 0 spiro atoms. The van der Waals surface area contributed by atoms with E-state index >= 15 is 0 Å². The van der Waals surface area contributed by atoms with Crippen molar-refractivity contribution >= 4 is 32.7 Å². The number of nitrogens with zero attached hydrogens (tertiary/aromatic N) is 1. The van der Waals surface area contributed by atoms with Crippen molar-refractivity contribution < 1.29 is 4.39 Å². The van der Waals surface area contributed by atoms with Crippen molar-refractivity contribution in [2.75, 3.05) is 5.73 Å². The summed E-state index contributed by atoms with van der Waals surface area (Å²) in [6.45, 7) is 0. The Labute approximate surface area is 111 Å². The molecule has 0 aliphatic carbocycles. The molecule has 0 saturated heterocycles. The molecule has 0 fully saturated rings. The van der Waals surface area contributed by atoms with E-state index in [0.717, 1.165) is 21.1 Å². The lowest BCUT2D eigenvalue weighted by Crippen LogP contribution is -1.86. The zero-order chi connectivity index (χ0) is 12.7. The number of halogens is 2. The summed E-state index contributed by atoms with van der Waals surface area (Å²) in [6.07, 6.45) is 0. The van der Waals surface area contributed by atoms with Gasteiger partial charge in [-0.3, -0.25) is 0 Å². The number of hydrogen-bond acceptors (Lipinski definition) is 2. The van der Waals surface area contributed by atoms with Crippen molar-refractivity contribution in [1.82, 2.24) is 9.97 Å². The van der Waals surface area contributed by atoms with Gasteiger partial charge < -0.3 is 10.7 Å². The second-order valence-corrected chi connectivity index (χ2v) is 4.75. The monoisotopic (exact) mass is 305 g/mol. The number of aromatic amines is 1. The first-order chi connectivity index (χ1) is 8.65.